The second kappa shape index (κ2) is 5.61. The molecule has 0 fully saturated rings. The zero-order chi connectivity index (χ0) is 13.8. The van der Waals surface area contributed by atoms with Gasteiger partial charge >= 0.3 is 0 Å². The number of rotatable bonds is 4. The van der Waals surface area contributed by atoms with Crippen molar-refractivity contribution in [3.63, 3.8) is 0 Å². The molecule has 1 atom stereocenters. The Bertz CT molecular complexity index is 498. The number of aromatic nitrogens is 1. The quantitative estimate of drug-likeness (QED) is 0.369. The molecular weight excluding hydrogens is 250 g/mol. The van der Waals surface area contributed by atoms with Crippen LogP contribution in [0.15, 0.2) is 10.8 Å². The van der Waals surface area contributed by atoms with E-state index in [1.807, 2.05) is 0 Å². The van der Waals surface area contributed by atoms with Crippen molar-refractivity contribution in [3.8, 4) is 0 Å². The predicted molar refractivity (Wildman–Crippen MR) is 65.5 cm³/mol. The minimum absolute atomic E-state index is 0.0234. The lowest BCUT2D eigenvalue weighted by molar-refractivity contribution is -0.132. The summed E-state index contributed by atoms with van der Waals surface area (Å²) in [7, 11) is 1.66. The van der Waals surface area contributed by atoms with E-state index in [9.17, 15) is 9.59 Å². The van der Waals surface area contributed by atoms with Gasteiger partial charge in [-0.25, -0.2) is 4.98 Å². The number of hydrogen-bond donors (Lipinski definition) is 3. The first-order valence-corrected chi connectivity index (χ1v) is 5.83. The van der Waals surface area contributed by atoms with Crippen LogP contribution in [0.1, 0.15) is 17.5 Å². The van der Waals surface area contributed by atoms with Crippen molar-refractivity contribution in [1.82, 2.24) is 20.5 Å². The molecule has 8 nitrogen and oxygen atoms in total. The van der Waals surface area contributed by atoms with Gasteiger partial charge in [0.2, 0.25) is 12.3 Å². The van der Waals surface area contributed by atoms with E-state index in [2.05, 4.69) is 15.6 Å². The second-order valence-electron chi connectivity index (χ2n) is 4.14. The third-order valence-electron chi connectivity index (χ3n) is 2.98. The fraction of sp³-hybridized carbons (Fsp3) is 0.455. The van der Waals surface area contributed by atoms with Gasteiger partial charge in [-0.15, -0.1) is 0 Å². The molecule has 19 heavy (non-hydrogen) atoms. The maximum Gasteiger partial charge on any atom is 0.248 e. The lowest BCUT2D eigenvalue weighted by Gasteiger charge is -2.23. The smallest absolute Gasteiger partial charge is 0.248 e. The number of nitrogens with zero attached hydrogens (tertiary/aromatic N) is 2. The molecule has 8 heteroatoms. The van der Waals surface area contributed by atoms with Crippen LogP contribution in [-0.2, 0) is 16.0 Å². The number of oxazole rings is 1. The number of amides is 2. The number of amidine groups is 1. The lowest BCUT2D eigenvalue weighted by Crippen LogP contribution is -2.44. The molecular formula is C11H15N5O3. The summed E-state index contributed by atoms with van der Waals surface area (Å²) in [4.78, 5) is 28.2. The van der Waals surface area contributed by atoms with Gasteiger partial charge in [0.25, 0.3) is 0 Å². The first-order chi connectivity index (χ1) is 9.17. The highest BCUT2D eigenvalue weighted by Gasteiger charge is 2.33. The van der Waals surface area contributed by atoms with Crippen LogP contribution in [0, 0.1) is 5.41 Å². The van der Waals surface area contributed by atoms with Gasteiger partial charge in [0.1, 0.15) is 11.9 Å². The van der Waals surface area contributed by atoms with Gasteiger partial charge in [-0.1, -0.05) is 0 Å². The summed E-state index contributed by atoms with van der Waals surface area (Å²) in [5.41, 5.74) is 0.741. The van der Waals surface area contributed by atoms with Gasteiger partial charge < -0.3 is 20.0 Å². The highest BCUT2D eigenvalue weighted by molar-refractivity contribution is 5.93. The maximum atomic E-state index is 12.3. The van der Waals surface area contributed by atoms with Crippen molar-refractivity contribution < 1.29 is 14.0 Å². The predicted octanol–water partition coefficient (Wildman–Crippen LogP) is -0.957. The molecule has 0 aliphatic carbocycles. The minimum Gasteiger partial charge on any atom is -0.446 e. The van der Waals surface area contributed by atoms with Crippen molar-refractivity contribution in [2.75, 3.05) is 20.1 Å². The van der Waals surface area contributed by atoms with E-state index in [0.29, 0.717) is 25.1 Å². The molecule has 1 aliphatic heterocycles. The zero-order valence-corrected chi connectivity index (χ0v) is 10.5. The molecule has 0 spiro atoms. The van der Waals surface area contributed by atoms with Crippen LogP contribution in [0.2, 0.25) is 0 Å². The first-order valence-electron chi connectivity index (χ1n) is 5.83. The molecule has 0 saturated carbocycles. The Morgan fingerprint density at radius 3 is 3.21 bits per heavy atom. The van der Waals surface area contributed by atoms with E-state index >= 15 is 0 Å². The van der Waals surface area contributed by atoms with E-state index in [4.69, 9.17) is 9.83 Å². The Morgan fingerprint density at radius 1 is 1.74 bits per heavy atom. The summed E-state index contributed by atoms with van der Waals surface area (Å²) in [5.74, 6) is 0.296. The molecule has 1 aromatic rings. The van der Waals surface area contributed by atoms with Crippen molar-refractivity contribution in [1.29, 1.82) is 5.41 Å². The monoisotopic (exact) mass is 265 g/mol. The number of carbonyl (C=O) groups is 2. The van der Waals surface area contributed by atoms with Crippen molar-refractivity contribution in [2.45, 2.75) is 12.5 Å². The normalized spacial score (nSPS) is 18.7. The summed E-state index contributed by atoms with van der Waals surface area (Å²) >= 11 is 0. The number of likely N-dealkylation sites (N-methyl/N-ethyl adjacent to an activating group) is 1. The van der Waals surface area contributed by atoms with Gasteiger partial charge in [-0.3, -0.25) is 15.0 Å². The van der Waals surface area contributed by atoms with Crippen LogP contribution in [0.4, 0.5) is 0 Å². The average Bonchev–Trinajstić information content (AvgIpc) is 2.79. The molecule has 3 N–H and O–H groups in total. The largest absolute Gasteiger partial charge is 0.446 e. The number of fused-ring (bicyclic) bond motifs is 1. The number of nitrogens with one attached hydrogen (secondary N) is 3. The lowest BCUT2D eigenvalue weighted by atomic mass is 10.1. The Balaban J connectivity index is 2.17. The van der Waals surface area contributed by atoms with E-state index in [1.54, 1.807) is 7.05 Å². The molecule has 1 aromatic heterocycles. The SMILES string of the molecule is CNC1C(=O)N(CC(=N)NC=O)CCc2ncoc21. The van der Waals surface area contributed by atoms with Crippen molar-refractivity contribution >= 4 is 18.2 Å². The molecule has 0 saturated heterocycles. The third kappa shape index (κ3) is 2.63. The van der Waals surface area contributed by atoms with Crippen LogP contribution in [0.5, 0.6) is 0 Å². The van der Waals surface area contributed by atoms with Crippen LogP contribution in [0.3, 0.4) is 0 Å². The topological polar surface area (TPSA) is 111 Å². The Kier molecular flexibility index (Phi) is 3.91. The molecule has 102 valence electrons. The molecule has 2 rings (SSSR count). The highest BCUT2D eigenvalue weighted by Crippen LogP contribution is 2.23. The summed E-state index contributed by atoms with van der Waals surface area (Å²) in [6.45, 7) is 0.486. The highest BCUT2D eigenvalue weighted by atomic mass is 16.3. The van der Waals surface area contributed by atoms with Crippen LogP contribution >= 0.6 is 0 Å². The number of carbonyl (C=O) groups excluding carboxylic acids is 2. The summed E-state index contributed by atoms with van der Waals surface area (Å²) in [5, 5.41) is 12.7. The zero-order valence-electron chi connectivity index (χ0n) is 10.5. The Labute approximate surface area is 109 Å². The third-order valence-corrected chi connectivity index (χ3v) is 2.98. The van der Waals surface area contributed by atoms with Gasteiger partial charge in [-0.05, 0) is 7.05 Å². The molecule has 2 heterocycles. The van der Waals surface area contributed by atoms with E-state index in [1.165, 1.54) is 11.3 Å². The van der Waals surface area contributed by atoms with Gasteiger partial charge in [-0.2, -0.15) is 0 Å². The first kappa shape index (κ1) is 13.2. The van der Waals surface area contributed by atoms with Crippen LogP contribution in [0.25, 0.3) is 0 Å². The number of hydrogen-bond acceptors (Lipinski definition) is 6. The summed E-state index contributed by atoms with van der Waals surface area (Å²) < 4.78 is 5.26. The molecule has 2 amide bonds. The fourth-order valence-electron chi connectivity index (χ4n) is 2.07. The Morgan fingerprint density at radius 2 is 2.53 bits per heavy atom. The van der Waals surface area contributed by atoms with Gasteiger partial charge in [0.05, 0.1) is 12.2 Å². The molecule has 1 aliphatic rings. The Hall–Kier alpha value is -2.22. The summed E-state index contributed by atoms with van der Waals surface area (Å²) in [6.07, 6.45) is 2.31. The average molecular weight is 265 g/mol. The fourth-order valence-corrected chi connectivity index (χ4v) is 2.07. The van der Waals surface area contributed by atoms with E-state index in [0.717, 1.165) is 5.69 Å². The van der Waals surface area contributed by atoms with E-state index < -0.39 is 6.04 Å². The molecule has 0 aromatic carbocycles. The molecule has 0 bridgehead atoms. The van der Waals surface area contributed by atoms with Gasteiger partial charge in [0.15, 0.2) is 12.2 Å². The van der Waals surface area contributed by atoms with Crippen molar-refractivity contribution in [2.24, 2.45) is 0 Å². The van der Waals surface area contributed by atoms with Gasteiger partial charge in [0, 0.05) is 13.0 Å². The molecule has 0 radical (unpaired) electrons. The van der Waals surface area contributed by atoms with Crippen molar-refractivity contribution in [3.05, 3.63) is 17.8 Å². The minimum atomic E-state index is -0.607. The van der Waals surface area contributed by atoms with Crippen LogP contribution < -0.4 is 10.6 Å². The van der Waals surface area contributed by atoms with Crippen LogP contribution in [-0.4, -0.2) is 48.2 Å². The van der Waals surface area contributed by atoms with E-state index in [-0.39, 0.29) is 18.3 Å². The maximum absolute atomic E-state index is 12.3. The summed E-state index contributed by atoms with van der Waals surface area (Å²) in [6, 6.07) is -0.607. The molecule has 1 unspecified atom stereocenters. The second-order valence-corrected chi connectivity index (χ2v) is 4.14. The standard InChI is InChI=1S/C11H15N5O3/c1-13-9-10-7(15-6-19-10)2-3-16(11(9)18)4-8(12)14-5-17/h5-6,9,13H,2-4H2,1H3,(H2,12,14,17).